The Morgan fingerprint density at radius 3 is 2.67 bits per heavy atom. The number of benzene rings is 1. The van der Waals surface area contributed by atoms with Gasteiger partial charge >= 0.3 is 6.03 Å². The van der Waals surface area contributed by atoms with E-state index in [2.05, 4.69) is 25.5 Å². The number of anilines is 3. The quantitative estimate of drug-likeness (QED) is 0.768. The van der Waals surface area contributed by atoms with E-state index in [1.54, 1.807) is 11.8 Å². The second kappa shape index (κ2) is 8.94. The third-order valence-corrected chi connectivity index (χ3v) is 5.12. The average molecular weight is 387 g/mol. The zero-order valence-electron chi connectivity index (χ0n) is 16.0. The minimum absolute atomic E-state index is 0.0555. The van der Waals surface area contributed by atoms with Gasteiger partial charge in [-0.3, -0.25) is 0 Å². The highest BCUT2D eigenvalue weighted by Gasteiger charge is 2.22. The molecule has 144 valence electrons. The van der Waals surface area contributed by atoms with Crippen molar-refractivity contribution >= 4 is 35.1 Å². The topological polar surface area (TPSA) is 73.4 Å². The Morgan fingerprint density at radius 1 is 1.19 bits per heavy atom. The lowest BCUT2D eigenvalue weighted by atomic mass is 10.3. The third kappa shape index (κ3) is 5.03. The van der Waals surface area contributed by atoms with E-state index in [-0.39, 0.29) is 6.03 Å². The van der Waals surface area contributed by atoms with Gasteiger partial charge in [-0.2, -0.15) is 0 Å². The van der Waals surface area contributed by atoms with Gasteiger partial charge in [-0.05, 0) is 38.3 Å². The molecule has 1 aromatic heterocycles. The smallest absolute Gasteiger partial charge is 0.321 e. The fraction of sp³-hybridized carbons (Fsp3) is 0.421. The second-order valence-corrected chi connectivity index (χ2v) is 7.20. The summed E-state index contributed by atoms with van der Waals surface area (Å²) in [7, 11) is 0. The maximum Gasteiger partial charge on any atom is 0.321 e. The summed E-state index contributed by atoms with van der Waals surface area (Å²) in [6.07, 6.45) is 2.02. The van der Waals surface area contributed by atoms with Crippen LogP contribution >= 0.6 is 11.8 Å². The van der Waals surface area contributed by atoms with Gasteiger partial charge in [0.1, 0.15) is 17.5 Å². The summed E-state index contributed by atoms with van der Waals surface area (Å²) in [5.41, 5.74) is 0.830. The van der Waals surface area contributed by atoms with Gasteiger partial charge in [0.2, 0.25) is 0 Å². The van der Waals surface area contributed by atoms with E-state index in [4.69, 9.17) is 0 Å². The first-order valence-electron chi connectivity index (χ1n) is 9.13. The highest BCUT2D eigenvalue weighted by Crippen LogP contribution is 2.20. The summed E-state index contributed by atoms with van der Waals surface area (Å²) in [6, 6.07) is 9.81. The molecule has 0 atom stereocenters. The fourth-order valence-corrected chi connectivity index (χ4v) is 3.49. The largest absolute Gasteiger partial charge is 0.370 e. The van der Waals surface area contributed by atoms with Gasteiger partial charge < -0.3 is 20.4 Å². The highest BCUT2D eigenvalue weighted by atomic mass is 32.2. The number of piperazine rings is 1. The number of rotatable bonds is 5. The minimum atomic E-state index is -0.0555. The number of carbonyl (C=O) groups excluding carboxylic acids is 1. The summed E-state index contributed by atoms with van der Waals surface area (Å²) in [6.45, 7) is 7.59. The van der Waals surface area contributed by atoms with Crippen molar-refractivity contribution in [3.05, 3.63) is 36.2 Å². The van der Waals surface area contributed by atoms with Crippen molar-refractivity contribution < 1.29 is 4.79 Å². The molecule has 8 heteroatoms. The summed E-state index contributed by atoms with van der Waals surface area (Å²) in [5, 5.41) is 6.23. The maximum absolute atomic E-state index is 12.6. The predicted molar refractivity (Wildman–Crippen MR) is 112 cm³/mol. The Balaban J connectivity index is 1.59. The van der Waals surface area contributed by atoms with Crippen molar-refractivity contribution in [1.82, 2.24) is 14.9 Å². The molecule has 1 aromatic carbocycles. The lowest BCUT2D eigenvalue weighted by molar-refractivity contribution is 0.208. The van der Waals surface area contributed by atoms with Crippen LogP contribution in [-0.2, 0) is 0 Å². The first kappa shape index (κ1) is 19.3. The van der Waals surface area contributed by atoms with E-state index < -0.39 is 0 Å². The highest BCUT2D eigenvalue weighted by molar-refractivity contribution is 7.98. The molecule has 2 amide bonds. The van der Waals surface area contributed by atoms with Crippen molar-refractivity contribution in [3.8, 4) is 0 Å². The molecule has 0 saturated carbocycles. The molecule has 1 saturated heterocycles. The summed E-state index contributed by atoms with van der Waals surface area (Å²) in [5.74, 6) is 2.50. The van der Waals surface area contributed by atoms with Crippen LogP contribution in [-0.4, -0.2) is 59.9 Å². The first-order valence-corrected chi connectivity index (χ1v) is 10.4. The van der Waals surface area contributed by atoms with Crippen LogP contribution in [0.2, 0.25) is 0 Å². The Bertz CT molecular complexity index is 792. The molecule has 2 aromatic rings. The number of amides is 2. The number of hydrogen-bond donors (Lipinski definition) is 2. The third-order valence-electron chi connectivity index (χ3n) is 4.39. The number of aromatic nitrogens is 2. The Hall–Kier alpha value is -2.48. The van der Waals surface area contributed by atoms with E-state index in [1.807, 2.05) is 55.3 Å². The Kier molecular flexibility index (Phi) is 6.39. The van der Waals surface area contributed by atoms with Gasteiger partial charge in [0.05, 0.1) is 0 Å². The fourth-order valence-electron chi connectivity index (χ4n) is 3.03. The van der Waals surface area contributed by atoms with E-state index >= 15 is 0 Å². The van der Waals surface area contributed by atoms with E-state index in [0.717, 1.165) is 47.7 Å². The normalized spacial score (nSPS) is 14.2. The van der Waals surface area contributed by atoms with Crippen LogP contribution in [0, 0.1) is 6.92 Å². The molecule has 0 bridgehead atoms. The predicted octanol–water partition coefficient (Wildman–Crippen LogP) is 3.29. The molecule has 0 spiro atoms. The van der Waals surface area contributed by atoms with Crippen molar-refractivity contribution in [2.45, 2.75) is 18.7 Å². The van der Waals surface area contributed by atoms with Gasteiger partial charge in [-0.25, -0.2) is 14.8 Å². The SMILES string of the molecule is CCNc1cc(N2CCN(C(=O)Nc3cccc(SC)c3)CC2)nc(C)n1. The molecule has 1 aliphatic rings. The standard InChI is InChI=1S/C19H26N6OS/c1-4-20-17-13-18(22-14(2)21-17)24-8-10-25(11-9-24)19(26)23-15-6-5-7-16(12-15)27-3/h5-7,12-13H,4,8-11H2,1-3H3,(H,23,26)(H,20,21,22). The van der Waals surface area contributed by atoms with Gasteiger partial charge in [-0.15, -0.1) is 11.8 Å². The number of aryl methyl sites for hydroxylation is 1. The van der Waals surface area contributed by atoms with E-state index in [0.29, 0.717) is 13.1 Å². The lowest BCUT2D eigenvalue weighted by Crippen LogP contribution is -2.50. The molecule has 0 radical (unpaired) electrons. The number of carbonyl (C=O) groups is 1. The van der Waals surface area contributed by atoms with Crippen molar-refractivity contribution in [2.75, 3.05) is 54.5 Å². The summed E-state index contributed by atoms with van der Waals surface area (Å²) < 4.78 is 0. The lowest BCUT2D eigenvalue weighted by Gasteiger charge is -2.35. The van der Waals surface area contributed by atoms with Crippen molar-refractivity contribution in [2.24, 2.45) is 0 Å². The van der Waals surface area contributed by atoms with Crippen LogP contribution in [0.4, 0.5) is 22.1 Å². The monoisotopic (exact) mass is 386 g/mol. The molecule has 1 fully saturated rings. The molecule has 0 unspecified atom stereocenters. The molecule has 2 heterocycles. The van der Waals surface area contributed by atoms with Gasteiger partial charge in [0.15, 0.2) is 0 Å². The Morgan fingerprint density at radius 2 is 1.96 bits per heavy atom. The average Bonchev–Trinajstić information content (AvgIpc) is 2.68. The molecule has 0 aliphatic carbocycles. The molecular formula is C19H26N6OS. The molecular weight excluding hydrogens is 360 g/mol. The summed E-state index contributed by atoms with van der Waals surface area (Å²) >= 11 is 1.66. The van der Waals surface area contributed by atoms with Crippen LogP contribution in [0.15, 0.2) is 35.2 Å². The maximum atomic E-state index is 12.6. The molecule has 27 heavy (non-hydrogen) atoms. The van der Waals surface area contributed by atoms with Crippen molar-refractivity contribution in [1.29, 1.82) is 0 Å². The van der Waals surface area contributed by atoms with Gasteiger partial charge in [-0.1, -0.05) is 6.07 Å². The molecule has 3 rings (SSSR count). The zero-order valence-corrected chi connectivity index (χ0v) is 16.8. The first-order chi connectivity index (χ1) is 13.1. The summed E-state index contributed by atoms with van der Waals surface area (Å²) in [4.78, 5) is 26.7. The number of urea groups is 1. The molecule has 2 N–H and O–H groups in total. The second-order valence-electron chi connectivity index (χ2n) is 6.33. The Labute approximate surface area is 164 Å². The number of thioether (sulfide) groups is 1. The van der Waals surface area contributed by atoms with Crippen LogP contribution in [0.25, 0.3) is 0 Å². The van der Waals surface area contributed by atoms with Gasteiger partial charge in [0, 0.05) is 49.4 Å². The molecule has 1 aliphatic heterocycles. The zero-order chi connectivity index (χ0) is 19.2. The van der Waals surface area contributed by atoms with Crippen LogP contribution in [0.3, 0.4) is 0 Å². The van der Waals surface area contributed by atoms with Crippen LogP contribution in [0.5, 0.6) is 0 Å². The number of nitrogens with zero attached hydrogens (tertiary/aromatic N) is 4. The number of nitrogens with one attached hydrogen (secondary N) is 2. The van der Waals surface area contributed by atoms with Crippen LogP contribution < -0.4 is 15.5 Å². The van der Waals surface area contributed by atoms with E-state index in [9.17, 15) is 4.79 Å². The number of hydrogen-bond acceptors (Lipinski definition) is 6. The van der Waals surface area contributed by atoms with Crippen LogP contribution in [0.1, 0.15) is 12.7 Å². The minimum Gasteiger partial charge on any atom is -0.370 e. The van der Waals surface area contributed by atoms with Gasteiger partial charge in [0.25, 0.3) is 0 Å². The van der Waals surface area contributed by atoms with Crippen molar-refractivity contribution in [3.63, 3.8) is 0 Å². The molecule has 7 nitrogen and oxygen atoms in total. The van der Waals surface area contributed by atoms with E-state index in [1.165, 1.54) is 0 Å².